The molecule has 0 amide bonds. The lowest BCUT2D eigenvalue weighted by Gasteiger charge is -2.11. The molecule has 4 nitrogen and oxygen atoms in total. The van der Waals surface area contributed by atoms with Gasteiger partial charge >= 0.3 is 0 Å². The summed E-state index contributed by atoms with van der Waals surface area (Å²) in [4.78, 5) is 0.284. The van der Waals surface area contributed by atoms with Gasteiger partial charge in [0.1, 0.15) is 5.75 Å². The van der Waals surface area contributed by atoms with E-state index in [2.05, 4.69) is 4.72 Å². The summed E-state index contributed by atoms with van der Waals surface area (Å²) in [7, 11) is -3.46. The molecule has 1 unspecified atom stereocenters. The number of fused-ring (bicyclic) bond motifs is 1. The lowest BCUT2D eigenvalue weighted by Crippen LogP contribution is -2.29. The number of rotatable bonds is 4. The molecule has 1 aliphatic heterocycles. The molecule has 1 aliphatic rings. The van der Waals surface area contributed by atoms with Crippen LogP contribution in [0, 0.1) is 0 Å². The van der Waals surface area contributed by atoms with E-state index in [1.54, 1.807) is 30.3 Å². The van der Waals surface area contributed by atoms with Gasteiger partial charge in [-0.15, -0.1) is 0 Å². The highest BCUT2D eigenvalue weighted by Crippen LogP contribution is 2.33. The Bertz CT molecular complexity index is 698. The van der Waals surface area contributed by atoms with Crippen LogP contribution < -0.4 is 9.46 Å². The Morgan fingerprint density at radius 3 is 2.55 bits per heavy atom. The molecule has 0 fully saturated rings. The average molecular weight is 289 g/mol. The standard InChI is InChI=1S/C15H15NO3S/c17-20(18,13-6-2-1-3-7-13)16-10-12-11-19-15-9-5-4-8-14(12)15/h1-9,12,16H,10-11H2. The molecule has 5 heteroatoms. The lowest BCUT2D eigenvalue weighted by atomic mass is 10.0. The van der Waals surface area contributed by atoms with E-state index in [0.717, 1.165) is 11.3 Å². The van der Waals surface area contributed by atoms with Crippen LogP contribution in [0.4, 0.5) is 0 Å². The van der Waals surface area contributed by atoms with Crippen molar-refractivity contribution in [3.8, 4) is 5.75 Å². The van der Waals surface area contributed by atoms with E-state index < -0.39 is 10.0 Å². The summed E-state index contributed by atoms with van der Waals surface area (Å²) in [6.45, 7) is 0.852. The van der Waals surface area contributed by atoms with Gasteiger partial charge in [-0.25, -0.2) is 13.1 Å². The average Bonchev–Trinajstić information content (AvgIpc) is 2.89. The smallest absolute Gasteiger partial charge is 0.240 e. The van der Waals surface area contributed by atoms with Gasteiger partial charge in [0.15, 0.2) is 0 Å². The largest absolute Gasteiger partial charge is 0.493 e. The van der Waals surface area contributed by atoms with Crippen LogP contribution >= 0.6 is 0 Å². The molecule has 0 saturated carbocycles. The number of sulfonamides is 1. The molecule has 0 saturated heterocycles. The zero-order chi connectivity index (χ0) is 14.0. The monoisotopic (exact) mass is 289 g/mol. The van der Waals surface area contributed by atoms with Crippen LogP contribution in [-0.4, -0.2) is 21.6 Å². The molecule has 104 valence electrons. The first-order chi connectivity index (χ1) is 9.67. The fraction of sp³-hybridized carbons (Fsp3) is 0.200. The third kappa shape index (κ3) is 2.55. The second-order valence-electron chi connectivity index (χ2n) is 4.71. The van der Waals surface area contributed by atoms with Gasteiger partial charge < -0.3 is 4.74 Å². The number of hydrogen-bond acceptors (Lipinski definition) is 3. The Balaban J connectivity index is 1.72. The maximum atomic E-state index is 12.1. The summed E-state index contributed by atoms with van der Waals surface area (Å²) < 4.78 is 32.5. The van der Waals surface area contributed by atoms with E-state index in [0.29, 0.717) is 13.2 Å². The van der Waals surface area contributed by atoms with Gasteiger partial charge in [-0.3, -0.25) is 0 Å². The van der Waals surface area contributed by atoms with Crippen LogP contribution in [0.3, 0.4) is 0 Å². The molecule has 3 rings (SSSR count). The molecule has 2 aromatic carbocycles. The first kappa shape index (κ1) is 13.1. The Hall–Kier alpha value is -1.85. The Morgan fingerprint density at radius 1 is 1.05 bits per heavy atom. The number of hydrogen-bond donors (Lipinski definition) is 1. The van der Waals surface area contributed by atoms with Crippen molar-refractivity contribution in [1.82, 2.24) is 4.72 Å². The minimum Gasteiger partial charge on any atom is -0.493 e. The number of nitrogens with one attached hydrogen (secondary N) is 1. The SMILES string of the molecule is O=S(=O)(NCC1COc2ccccc21)c1ccccc1. The Morgan fingerprint density at radius 2 is 1.75 bits per heavy atom. The highest BCUT2D eigenvalue weighted by molar-refractivity contribution is 7.89. The summed E-state index contributed by atoms with van der Waals surface area (Å²) in [5, 5.41) is 0. The maximum absolute atomic E-state index is 12.1. The van der Waals surface area contributed by atoms with Crippen molar-refractivity contribution >= 4 is 10.0 Å². The van der Waals surface area contributed by atoms with Gasteiger partial charge in [-0.1, -0.05) is 36.4 Å². The van der Waals surface area contributed by atoms with Gasteiger partial charge in [0, 0.05) is 18.0 Å². The Labute approximate surface area is 118 Å². The third-order valence-corrected chi connectivity index (χ3v) is 4.81. The van der Waals surface area contributed by atoms with Crippen LogP contribution in [0.25, 0.3) is 0 Å². The van der Waals surface area contributed by atoms with Crippen molar-refractivity contribution < 1.29 is 13.2 Å². The zero-order valence-corrected chi connectivity index (χ0v) is 11.6. The predicted octanol–water partition coefficient (Wildman–Crippen LogP) is 2.14. The topological polar surface area (TPSA) is 55.4 Å². The first-order valence-electron chi connectivity index (χ1n) is 6.43. The molecule has 1 N–H and O–H groups in total. The van der Waals surface area contributed by atoms with E-state index in [1.807, 2.05) is 24.3 Å². The molecule has 0 bridgehead atoms. The van der Waals surface area contributed by atoms with Gasteiger partial charge in [-0.2, -0.15) is 0 Å². The molecule has 20 heavy (non-hydrogen) atoms. The Kier molecular flexibility index (Phi) is 3.46. The van der Waals surface area contributed by atoms with Crippen molar-refractivity contribution in [1.29, 1.82) is 0 Å². The van der Waals surface area contributed by atoms with Crippen molar-refractivity contribution in [2.75, 3.05) is 13.2 Å². The number of para-hydroxylation sites is 1. The highest BCUT2D eigenvalue weighted by atomic mass is 32.2. The second-order valence-corrected chi connectivity index (χ2v) is 6.48. The van der Waals surface area contributed by atoms with Crippen molar-refractivity contribution in [3.63, 3.8) is 0 Å². The molecule has 0 radical (unpaired) electrons. The number of benzene rings is 2. The van der Waals surface area contributed by atoms with Crippen molar-refractivity contribution in [3.05, 3.63) is 60.2 Å². The summed E-state index contributed by atoms with van der Waals surface area (Å²) in [5.74, 6) is 0.904. The van der Waals surface area contributed by atoms with Crippen LogP contribution in [0.1, 0.15) is 11.5 Å². The van der Waals surface area contributed by atoms with Crippen LogP contribution in [0.2, 0.25) is 0 Å². The van der Waals surface area contributed by atoms with Gasteiger partial charge in [-0.05, 0) is 18.2 Å². The molecular formula is C15H15NO3S. The lowest BCUT2D eigenvalue weighted by molar-refractivity contribution is 0.330. The number of ether oxygens (including phenoxy) is 1. The first-order valence-corrected chi connectivity index (χ1v) is 7.91. The summed E-state index contributed by atoms with van der Waals surface area (Å²) in [6, 6.07) is 16.1. The summed E-state index contributed by atoms with van der Waals surface area (Å²) in [5.41, 5.74) is 1.06. The van der Waals surface area contributed by atoms with E-state index in [9.17, 15) is 8.42 Å². The minimum atomic E-state index is -3.46. The summed E-state index contributed by atoms with van der Waals surface area (Å²) in [6.07, 6.45) is 0. The molecule has 0 aliphatic carbocycles. The zero-order valence-electron chi connectivity index (χ0n) is 10.8. The molecule has 1 atom stereocenters. The van der Waals surface area contributed by atoms with E-state index >= 15 is 0 Å². The predicted molar refractivity (Wildman–Crippen MR) is 76.3 cm³/mol. The normalized spacial score (nSPS) is 17.5. The molecule has 1 heterocycles. The molecule has 0 spiro atoms. The van der Waals surface area contributed by atoms with E-state index in [1.165, 1.54) is 0 Å². The van der Waals surface area contributed by atoms with Gasteiger partial charge in [0.25, 0.3) is 0 Å². The molecule has 2 aromatic rings. The minimum absolute atomic E-state index is 0.0599. The third-order valence-electron chi connectivity index (χ3n) is 3.37. The van der Waals surface area contributed by atoms with Gasteiger partial charge in [0.2, 0.25) is 10.0 Å². The van der Waals surface area contributed by atoms with Crippen LogP contribution in [0.15, 0.2) is 59.5 Å². The quantitative estimate of drug-likeness (QED) is 0.938. The summed E-state index contributed by atoms with van der Waals surface area (Å²) >= 11 is 0. The fourth-order valence-electron chi connectivity index (χ4n) is 2.29. The highest BCUT2D eigenvalue weighted by Gasteiger charge is 2.25. The fourth-order valence-corrected chi connectivity index (χ4v) is 3.39. The maximum Gasteiger partial charge on any atom is 0.240 e. The molecular weight excluding hydrogens is 274 g/mol. The van der Waals surface area contributed by atoms with Gasteiger partial charge in [0.05, 0.1) is 11.5 Å². The second kappa shape index (κ2) is 5.26. The van der Waals surface area contributed by atoms with Crippen molar-refractivity contribution in [2.45, 2.75) is 10.8 Å². The van der Waals surface area contributed by atoms with E-state index in [-0.39, 0.29) is 10.8 Å². The van der Waals surface area contributed by atoms with Crippen LogP contribution in [0.5, 0.6) is 5.75 Å². The van der Waals surface area contributed by atoms with Crippen LogP contribution in [-0.2, 0) is 10.0 Å². The molecule has 0 aromatic heterocycles. The van der Waals surface area contributed by atoms with Crippen molar-refractivity contribution in [2.24, 2.45) is 0 Å². The van der Waals surface area contributed by atoms with E-state index in [4.69, 9.17) is 4.74 Å².